The number of aliphatic hydroxyl groups is 14. The molecule has 4 aromatic rings. The zero-order valence-electron chi connectivity index (χ0n) is 70.8. The van der Waals surface area contributed by atoms with Crippen molar-refractivity contribution in [3.05, 3.63) is 121 Å². The molecule has 0 aliphatic heterocycles. The van der Waals surface area contributed by atoms with E-state index in [0.29, 0.717) is 58.0 Å². The molecular formula is C79H148O26Si8. The average Bonchev–Trinajstić information content (AvgIpc) is 0.821. The van der Waals surface area contributed by atoms with E-state index < -0.39 is 135 Å². The lowest BCUT2D eigenvalue weighted by Crippen LogP contribution is -2.58. The van der Waals surface area contributed by atoms with Crippen molar-refractivity contribution in [3.63, 3.8) is 0 Å². The van der Waals surface area contributed by atoms with Gasteiger partial charge in [-0.05, 0) is 187 Å². The Balaban J connectivity index is 0.000000517. The molecule has 0 aromatic heterocycles. The minimum Gasteiger partial charge on any atom is -0.432 e. The highest BCUT2D eigenvalue weighted by Crippen LogP contribution is 2.35. The Morgan fingerprint density at radius 3 is 1.01 bits per heavy atom. The molecule has 1 fully saturated rings. The van der Waals surface area contributed by atoms with Crippen LogP contribution in [0, 0.1) is 5.92 Å². The van der Waals surface area contributed by atoms with Gasteiger partial charge in [0.25, 0.3) is 0 Å². The third-order valence-electron chi connectivity index (χ3n) is 20.5. The Bertz CT molecular complexity index is 3000. The van der Waals surface area contributed by atoms with E-state index in [4.69, 9.17) is 73.5 Å². The van der Waals surface area contributed by atoms with Crippen molar-refractivity contribution in [2.75, 3.05) is 114 Å². The molecule has 4 aromatic carbocycles. The fourth-order valence-electron chi connectivity index (χ4n) is 13.2. The first kappa shape index (κ1) is 107. The second-order valence-corrected chi connectivity index (χ2v) is 62.8. The smallest absolute Gasteiger partial charge is 0.333 e. The molecule has 113 heavy (non-hydrogen) atoms. The molecule has 0 bridgehead atoms. The van der Waals surface area contributed by atoms with Crippen LogP contribution in [-0.4, -0.2) is 307 Å². The van der Waals surface area contributed by atoms with Crippen molar-refractivity contribution in [2.45, 2.75) is 234 Å². The van der Waals surface area contributed by atoms with Gasteiger partial charge in [0, 0.05) is 67.0 Å². The summed E-state index contributed by atoms with van der Waals surface area (Å²) in [6, 6.07) is 45.8. The first-order chi connectivity index (χ1) is 53.2. The molecule has 14 N–H and O–H groups in total. The maximum atomic E-state index is 10.2. The van der Waals surface area contributed by atoms with Crippen LogP contribution < -0.4 is 20.7 Å². The van der Waals surface area contributed by atoms with Gasteiger partial charge in [0.1, 0.15) is 23.4 Å². The minimum absolute atomic E-state index is 0.0515. The van der Waals surface area contributed by atoms with Crippen LogP contribution in [0.1, 0.15) is 79.1 Å². The van der Waals surface area contributed by atoms with Crippen LogP contribution in [-0.2, 0) is 53.1 Å². The van der Waals surface area contributed by atoms with Crippen LogP contribution in [0.5, 0.6) is 0 Å². The van der Waals surface area contributed by atoms with Gasteiger partial charge >= 0.3 is 34.2 Å². The van der Waals surface area contributed by atoms with Crippen molar-refractivity contribution in [1.82, 2.24) is 0 Å². The number of aliphatic hydroxyl groups excluding tert-OH is 12. The number of hydrogen-bond acceptors (Lipinski definition) is 26. The fraction of sp³-hybridized carbons (Fsp3) is 0.696. The zero-order chi connectivity index (χ0) is 85.1. The summed E-state index contributed by atoms with van der Waals surface area (Å²) in [5, 5.41) is 138. The fourth-order valence-corrected chi connectivity index (χ4v) is 46.5. The van der Waals surface area contributed by atoms with Gasteiger partial charge in [0.2, 0.25) is 33.3 Å². The predicted octanol–water partition coefficient (Wildman–Crippen LogP) is 5.66. The highest BCUT2D eigenvalue weighted by Gasteiger charge is 2.48. The Morgan fingerprint density at radius 2 is 0.717 bits per heavy atom. The third-order valence-corrected chi connectivity index (χ3v) is 53.2. The van der Waals surface area contributed by atoms with Crippen LogP contribution in [0.25, 0.3) is 0 Å². The van der Waals surface area contributed by atoms with E-state index in [1.165, 1.54) is 29.6 Å². The van der Waals surface area contributed by atoms with Gasteiger partial charge in [-0.15, -0.1) is 0 Å². The molecule has 26 nitrogen and oxygen atoms in total. The molecule has 0 radical (unpaired) electrons. The molecule has 1 aliphatic carbocycles. The quantitative estimate of drug-likeness (QED) is 0.0187. The van der Waals surface area contributed by atoms with E-state index in [0.717, 1.165) is 67.1 Å². The maximum Gasteiger partial charge on any atom is 0.333 e. The second kappa shape index (κ2) is 54.1. The Hall–Kier alpha value is -2.42. The summed E-state index contributed by atoms with van der Waals surface area (Å²) in [7, 11) is -12.6. The molecule has 652 valence electrons. The molecule has 0 spiro atoms. The van der Waals surface area contributed by atoms with Crippen LogP contribution in [0.3, 0.4) is 0 Å². The SMILES string of the molecule is CC[Si](CCC1CCC(O)C(O)C1)(OC)O[Si](C)(C)c1ccccc1.CO[Si](CC(O)CO)(CC(O)CO)O[Si](C)(C)c1ccccc1.CO[Si](CCCOCC(C)(O)CO)(CCCOCC(C)(O)C(C)O)O[Si](C)(C)c1ccccc1.CO[Si](CCCOCC(O)CO)(CCCOCC(O)CO)O[Si](C)(C)c1ccccc1. The van der Waals surface area contributed by atoms with Gasteiger partial charge in [-0.3, -0.25) is 0 Å². The first-order valence-corrected chi connectivity index (χ1v) is 60.5. The first-order valence-electron chi connectivity index (χ1n) is 40.0. The molecule has 0 saturated heterocycles. The van der Waals surface area contributed by atoms with E-state index in [-0.39, 0.29) is 58.3 Å². The van der Waals surface area contributed by atoms with Gasteiger partial charge in [0.15, 0.2) is 0 Å². The second-order valence-electron chi connectivity index (χ2n) is 32.2. The Labute approximate surface area is 684 Å². The number of hydrogen-bond donors (Lipinski definition) is 14. The lowest BCUT2D eigenvalue weighted by atomic mass is 9.84. The number of benzene rings is 4. The van der Waals surface area contributed by atoms with E-state index in [1.807, 2.05) is 85.9 Å². The molecule has 5 rings (SSSR count). The summed E-state index contributed by atoms with van der Waals surface area (Å²) < 4.78 is 72.9. The molecule has 34 heteroatoms. The summed E-state index contributed by atoms with van der Waals surface area (Å²) in [6.45, 7) is 24.3. The topological polar surface area (TPSA) is 394 Å². The van der Waals surface area contributed by atoms with Crippen LogP contribution in [0.4, 0.5) is 0 Å². The van der Waals surface area contributed by atoms with Gasteiger partial charge in [-0.1, -0.05) is 128 Å². The van der Waals surface area contributed by atoms with Crippen LogP contribution in [0.2, 0.25) is 101 Å². The van der Waals surface area contributed by atoms with Crippen molar-refractivity contribution in [3.8, 4) is 0 Å². The number of ether oxygens (including phenoxy) is 4. The van der Waals surface area contributed by atoms with Gasteiger partial charge in [0.05, 0.1) is 90.0 Å². The van der Waals surface area contributed by atoms with Crippen molar-refractivity contribution in [2.24, 2.45) is 5.92 Å². The summed E-state index contributed by atoms with van der Waals surface area (Å²) in [5.74, 6) is 0.456. The monoisotopic (exact) mass is 1740 g/mol. The summed E-state index contributed by atoms with van der Waals surface area (Å²) in [6.07, 6.45) is 0.552. The van der Waals surface area contributed by atoms with E-state index in [1.54, 1.807) is 35.2 Å². The van der Waals surface area contributed by atoms with Crippen molar-refractivity contribution in [1.29, 1.82) is 0 Å². The number of rotatable bonds is 54. The Morgan fingerprint density at radius 1 is 0.407 bits per heavy atom. The standard InChI is InChI=1S/C24H46O8Si2.C21H40O8Si2.C19H34O4Si2.C15H28O6Si2/c1-21(26)24(3,28)20-31-15-11-17-34(29-4,16-10-14-30-19-23(2,27)18-25)32-33(5,6)22-12-8-7-9-13-22;1-26-31(13-7-11-27-17-19(24)15-22,14-8-12-28-18-20(25)16-23)29-30(2,3)21-9-5-4-6-10-21;1-5-25(22-2,14-13-16-11-12-18(20)19(21)15-16)23-24(3,4)17-9-7-6-8-10-17;1-20-23(11-13(18)9-16,12-14(19)10-17)21-22(2,3)15-7-5-4-6-8-15/h7-9,12-13,21,25-28H,10-11,14-20H2,1-6H3;4-6,9-10,19-20,22-25H,7-8,11-18H2,1-3H3;6-10,16,18-21H,5,11-15H2,1-4H3;4-8,13-14,16-19H,9-12H2,1-3H3. The molecule has 0 amide bonds. The molecule has 12 unspecified atom stereocenters. The van der Waals surface area contributed by atoms with Crippen LogP contribution in [0.15, 0.2) is 121 Å². The highest BCUT2D eigenvalue weighted by molar-refractivity contribution is 6.93. The van der Waals surface area contributed by atoms with Gasteiger partial charge < -0.3 is 125 Å². The van der Waals surface area contributed by atoms with Gasteiger partial charge in [-0.25, -0.2) is 0 Å². The van der Waals surface area contributed by atoms with E-state index >= 15 is 0 Å². The molecule has 12 atom stereocenters. The van der Waals surface area contributed by atoms with E-state index in [9.17, 15) is 51.1 Å². The lowest BCUT2D eigenvalue weighted by Gasteiger charge is -2.39. The summed E-state index contributed by atoms with van der Waals surface area (Å²) in [5.41, 5.74) is -2.54. The van der Waals surface area contributed by atoms with Crippen molar-refractivity contribution < 1.29 is 125 Å². The Kier molecular flexibility index (Phi) is 51.0. The predicted molar refractivity (Wildman–Crippen MR) is 462 cm³/mol. The third kappa shape index (κ3) is 40.7. The average molecular weight is 1740 g/mol. The maximum absolute atomic E-state index is 10.2. The lowest BCUT2D eigenvalue weighted by molar-refractivity contribution is -0.102. The van der Waals surface area contributed by atoms with Crippen molar-refractivity contribution >= 4 is 88.3 Å². The zero-order valence-corrected chi connectivity index (χ0v) is 78.8. The normalized spacial score (nSPS) is 19.6. The minimum atomic E-state index is -3.01. The molecule has 1 saturated carbocycles. The highest BCUT2D eigenvalue weighted by atomic mass is 28.5. The largest absolute Gasteiger partial charge is 0.432 e. The van der Waals surface area contributed by atoms with E-state index in [2.05, 4.69) is 94.7 Å². The molecule has 0 heterocycles. The van der Waals surface area contributed by atoms with Crippen LogP contribution >= 0.6 is 0 Å². The summed E-state index contributed by atoms with van der Waals surface area (Å²) >= 11 is 0. The molecular weight excluding hydrogens is 1590 g/mol. The molecule has 1 aliphatic rings. The van der Waals surface area contributed by atoms with Gasteiger partial charge in [-0.2, -0.15) is 0 Å². The summed E-state index contributed by atoms with van der Waals surface area (Å²) in [4.78, 5) is 0.